The Bertz CT molecular complexity index is 824. The molecule has 23 heavy (non-hydrogen) atoms. The van der Waals surface area contributed by atoms with E-state index >= 15 is 0 Å². The van der Waals surface area contributed by atoms with Crippen LogP contribution in [0.3, 0.4) is 0 Å². The van der Waals surface area contributed by atoms with Crippen molar-refractivity contribution in [1.29, 1.82) is 0 Å². The molecule has 4 N–H and O–H groups in total. The molecule has 0 aliphatic rings. The average molecular weight is 310 g/mol. The quantitative estimate of drug-likeness (QED) is 0.292. The second kappa shape index (κ2) is 6.14. The van der Waals surface area contributed by atoms with Crippen molar-refractivity contribution in [1.82, 2.24) is 15.2 Å². The minimum absolute atomic E-state index is 0.0593. The highest BCUT2D eigenvalue weighted by atomic mass is 16.4. The summed E-state index contributed by atoms with van der Waals surface area (Å²) in [4.78, 5) is 4.05. The van der Waals surface area contributed by atoms with Crippen LogP contribution in [0, 0.1) is 6.92 Å². The lowest BCUT2D eigenvalue weighted by Crippen LogP contribution is -2.14. The fraction of sp³-hybridized carbons (Fsp3) is 0.0667. The predicted octanol–water partition coefficient (Wildman–Crippen LogP) is 2.28. The maximum Gasteiger partial charge on any atom is 0.320 e. The maximum atomic E-state index is 8.59. The zero-order chi connectivity index (χ0) is 16.2. The summed E-state index contributed by atoms with van der Waals surface area (Å²) in [5.74, 6) is 0.365. The molecule has 0 atom stereocenters. The number of nitrogens with two attached hydrogens (primary N) is 1. The molecule has 116 valence electrons. The summed E-state index contributed by atoms with van der Waals surface area (Å²) >= 11 is 0. The minimum atomic E-state index is -0.0593. The SMILES string of the molecule is Cc1ccc(-c2nnc(Nc3ccc(/C(N)=N/O)nc3)o2)cc1. The second-order valence-electron chi connectivity index (χ2n) is 4.82. The Morgan fingerprint density at radius 3 is 2.61 bits per heavy atom. The highest BCUT2D eigenvalue weighted by Crippen LogP contribution is 2.22. The van der Waals surface area contributed by atoms with Crippen molar-refractivity contribution < 1.29 is 9.62 Å². The van der Waals surface area contributed by atoms with Crippen molar-refractivity contribution in [2.45, 2.75) is 6.92 Å². The third-order valence-electron chi connectivity index (χ3n) is 3.11. The lowest BCUT2D eigenvalue weighted by atomic mass is 10.1. The van der Waals surface area contributed by atoms with Gasteiger partial charge >= 0.3 is 6.01 Å². The number of hydrogen-bond donors (Lipinski definition) is 3. The largest absolute Gasteiger partial charge is 0.409 e. The molecule has 0 spiro atoms. The van der Waals surface area contributed by atoms with E-state index in [0.29, 0.717) is 17.3 Å². The first-order valence-electron chi connectivity index (χ1n) is 6.77. The fourth-order valence-corrected chi connectivity index (χ4v) is 1.88. The first-order chi connectivity index (χ1) is 11.2. The summed E-state index contributed by atoms with van der Waals surface area (Å²) in [7, 11) is 0. The van der Waals surface area contributed by atoms with E-state index in [1.54, 1.807) is 12.1 Å². The first-order valence-corrected chi connectivity index (χ1v) is 6.77. The van der Waals surface area contributed by atoms with Crippen LogP contribution in [0.25, 0.3) is 11.5 Å². The number of nitrogens with zero attached hydrogens (tertiary/aromatic N) is 4. The van der Waals surface area contributed by atoms with Gasteiger partial charge < -0.3 is 20.7 Å². The molecule has 8 nitrogen and oxygen atoms in total. The van der Waals surface area contributed by atoms with Gasteiger partial charge in [0.05, 0.1) is 11.9 Å². The Morgan fingerprint density at radius 1 is 1.17 bits per heavy atom. The van der Waals surface area contributed by atoms with E-state index in [9.17, 15) is 0 Å². The number of benzene rings is 1. The summed E-state index contributed by atoms with van der Waals surface area (Å²) in [5.41, 5.74) is 8.45. The van der Waals surface area contributed by atoms with Crippen molar-refractivity contribution >= 4 is 17.5 Å². The molecule has 8 heteroatoms. The molecule has 3 rings (SSSR count). The van der Waals surface area contributed by atoms with Gasteiger partial charge in [-0.2, -0.15) is 0 Å². The van der Waals surface area contributed by atoms with E-state index in [4.69, 9.17) is 15.4 Å². The Hall–Kier alpha value is -3.42. The van der Waals surface area contributed by atoms with Crippen LogP contribution in [-0.4, -0.2) is 26.2 Å². The van der Waals surface area contributed by atoms with Crippen molar-refractivity contribution in [2.75, 3.05) is 5.32 Å². The van der Waals surface area contributed by atoms with Crippen LogP contribution in [0.1, 0.15) is 11.3 Å². The van der Waals surface area contributed by atoms with Crippen LogP contribution in [0.15, 0.2) is 52.2 Å². The lowest BCUT2D eigenvalue weighted by Gasteiger charge is -2.02. The molecule has 2 aromatic heterocycles. The number of amidine groups is 1. The lowest BCUT2D eigenvalue weighted by molar-refractivity contribution is 0.318. The molecular weight excluding hydrogens is 296 g/mol. The summed E-state index contributed by atoms with van der Waals surface area (Å²) in [6.45, 7) is 2.01. The number of pyridine rings is 1. The Labute approximate surface area is 131 Å². The molecule has 2 heterocycles. The van der Waals surface area contributed by atoms with Gasteiger partial charge in [-0.1, -0.05) is 28.0 Å². The van der Waals surface area contributed by atoms with E-state index in [2.05, 4.69) is 25.7 Å². The number of aromatic nitrogens is 3. The van der Waals surface area contributed by atoms with E-state index in [1.807, 2.05) is 31.2 Å². The molecule has 0 saturated heterocycles. The molecule has 0 unspecified atom stereocenters. The number of oxime groups is 1. The summed E-state index contributed by atoms with van der Waals surface area (Å²) in [5, 5.41) is 22.4. The molecule has 1 aromatic carbocycles. The second-order valence-corrected chi connectivity index (χ2v) is 4.82. The Balaban J connectivity index is 1.75. The standard InChI is InChI=1S/C15H14N6O2/c1-9-2-4-10(5-3-9)14-19-20-15(23-14)18-11-6-7-12(17-8-11)13(16)21-22/h2-8,22H,1H3,(H2,16,21)(H,18,20). The third-order valence-corrected chi connectivity index (χ3v) is 3.11. The molecule has 0 saturated carbocycles. The fourth-order valence-electron chi connectivity index (χ4n) is 1.88. The van der Waals surface area contributed by atoms with Crippen LogP contribution >= 0.6 is 0 Å². The number of aryl methyl sites for hydroxylation is 1. The topological polar surface area (TPSA) is 122 Å². The zero-order valence-corrected chi connectivity index (χ0v) is 12.3. The molecular formula is C15H14N6O2. The highest BCUT2D eigenvalue weighted by molar-refractivity contribution is 5.95. The van der Waals surface area contributed by atoms with Crippen LogP contribution in [0.5, 0.6) is 0 Å². The Morgan fingerprint density at radius 2 is 1.96 bits per heavy atom. The van der Waals surface area contributed by atoms with E-state index < -0.39 is 0 Å². The van der Waals surface area contributed by atoms with Crippen LogP contribution in [0.2, 0.25) is 0 Å². The van der Waals surface area contributed by atoms with Gasteiger partial charge in [-0.05, 0) is 31.2 Å². The molecule has 0 radical (unpaired) electrons. The van der Waals surface area contributed by atoms with Crippen molar-refractivity contribution in [3.05, 3.63) is 53.9 Å². The van der Waals surface area contributed by atoms with Crippen molar-refractivity contribution in [3.63, 3.8) is 0 Å². The minimum Gasteiger partial charge on any atom is -0.409 e. The first kappa shape index (κ1) is 14.5. The number of rotatable bonds is 4. The van der Waals surface area contributed by atoms with E-state index in [-0.39, 0.29) is 11.9 Å². The van der Waals surface area contributed by atoms with Gasteiger partial charge in [0, 0.05) is 5.56 Å². The van der Waals surface area contributed by atoms with Crippen LogP contribution < -0.4 is 11.1 Å². The zero-order valence-electron chi connectivity index (χ0n) is 12.3. The molecule has 0 aliphatic carbocycles. The van der Waals surface area contributed by atoms with Crippen molar-refractivity contribution in [3.8, 4) is 11.5 Å². The maximum absolute atomic E-state index is 8.59. The van der Waals surface area contributed by atoms with Gasteiger partial charge in [0.1, 0.15) is 5.69 Å². The molecule has 3 aromatic rings. The number of nitrogens with one attached hydrogen (secondary N) is 1. The smallest absolute Gasteiger partial charge is 0.320 e. The summed E-state index contributed by atoms with van der Waals surface area (Å²) in [6, 6.07) is 11.3. The normalized spacial score (nSPS) is 11.4. The molecule has 0 bridgehead atoms. The van der Waals surface area contributed by atoms with Gasteiger partial charge in [0.2, 0.25) is 5.89 Å². The Kier molecular flexibility index (Phi) is 3.88. The predicted molar refractivity (Wildman–Crippen MR) is 84.5 cm³/mol. The average Bonchev–Trinajstić information content (AvgIpc) is 3.04. The highest BCUT2D eigenvalue weighted by Gasteiger charge is 2.09. The van der Waals surface area contributed by atoms with E-state index in [1.165, 1.54) is 6.20 Å². The van der Waals surface area contributed by atoms with Gasteiger partial charge in [-0.3, -0.25) is 4.98 Å². The van der Waals surface area contributed by atoms with Crippen LogP contribution in [0.4, 0.5) is 11.7 Å². The van der Waals surface area contributed by atoms with Crippen molar-refractivity contribution in [2.24, 2.45) is 10.9 Å². The molecule has 0 amide bonds. The van der Waals surface area contributed by atoms with Gasteiger partial charge in [-0.15, -0.1) is 5.10 Å². The van der Waals surface area contributed by atoms with Crippen LogP contribution in [-0.2, 0) is 0 Å². The monoisotopic (exact) mass is 310 g/mol. The number of hydrogen-bond acceptors (Lipinski definition) is 7. The molecule has 0 aliphatic heterocycles. The van der Waals surface area contributed by atoms with Gasteiger partial charge in [0.15, 0.2) is 5.84 Å². The summed E-state index contributed by atoms with van der Waals surface area (Å²) < 4.78 is 5.56. The van der Waals surface area contributed by atoms with Gasteiger partial charge in [0.25, 0.3) is 0 Å². The third kappa shape index (κ3) is 3.26. The number of anilines is 2. The molecule has 0 fully saturated rings. The van der Waals surface area contributed by atoms with Gasteiger partial charge in [-0.25, -0.2) is 0 Å². The summed E-state index contributed by atoms with van der Waals surface area (Å²) in [6.07, 6.45) is 1.52. The van der Waals surface area contributed by atoms with E-state index in [0.717, 1.165) is 11.1 Å².